The van der Waals surface area contributed by atoms with Crippen LogP contribution in [0.4, 0.5) is 0 Å². The van der Waals surface area contributed by atoms with Gasteiger partial charge in [0.25, 0.3) is 0 Å². The van der Waals surface area contributed by atoms with Crippen LogP contribution in [-0.2, 0) is 11.2 Å². The van der Waals surface area contributed by atoms with E-state index in [2.05, 4.69) is 0 Å². The van der Waals surface area contributed by atoms with Crippen LogP contribution in [0.15, 0.2) is 30.3 Å². The molecule has 6 nitrogen and oxygen atoms in total. The number of rotatable bonds is 6. The molecule has 3 rings (SSSR count). The number of carbonyl (C=O) groups is 1. The van der Waals surface area contributed by atoms with Gasteiger partial charge < -0.3 is 23.7 Å². The number of carbonyl (C=O) groups excluding carboxylic acids is 1. The number of esters is 1. The van der Waals surface area contributed by atoms with Gasteiger partial charge in [0.1, 0.15) is 23.2 Å². The molecular weight excluding hydrogens is 324 g/mol. The first kappa shape index (κ1) is 17.0. The summed E-state index contributed by atoms with van der Waals surface area (Å²) in [4.78, 5) is 12.3. The molecule has 1 heterocycles. The molecule has 1 atom stereocenters. The molecule has 0 radical (unpaired) electrons. The lowest BCUT2D eigenvalue weighted by atomic mass is 9.98. The maximum absolute atomic E-state index is 12.3. The number of fused-ring (bicyclic) bond motifs is 1. The van der Waals surface area contributed by atoms with Crippen LogP contribution >= 0.6 is 0 Å². The number of methoxy groups -OCH3 is 4. The van der Waals surface area contributed by atoms with Crippen molar-refractivity contribution in [2.24, 2.45) is 0 Å². The normalized spacial score (nSPS) is 15.4. The Morgan fingerprint density at radius 1 is 0.880 bits per heavy atom. The summed E-state index contributed by atoms with van der Waals surface area (Å²) in [5, 5.41) is 0. The van der Waals surface area contributed by atoms with Gasteiger partial charge in [-0.05, 0) is 23.8 Å². The monoisotopic (exact) mass is 344 g/mol. The fourth-order valence-electron chi connectivity index (χ4n) is 2.99. The topological polar surface area (TPSA) is 63.2 Å². The maximum atomic E-state index is 12.3. The van der Waals surface area contributed by atoms with Gasteiger partial charge in [0.15, 0.2) is 11.5 Å². The van der Waals surface area contributed by atoms with Gasteiger partial charge in [-0.15, -0.1) is 0 Å². The SMILES string of the molecule is COc1cc(OC)c2c(c1)[C@@H](Cc1ccc(OC)c(OC)c1)OC2=O. The Balaban J connectivity index is 1.95. The molecule has 0 bridgehead atoms. The zero-order valence-corrected chi connectivity index (χ0v) is 14.6. The molecule has 0 amide bonds. The van der Waals surface area contributed by atoms with Crippen molar-refractivity contribution in [1.29, 1.82) is 0 Å². The molecule has 1 aliphatic heterocycles. The van der Waals surface area contributed by atoms with Gasteiger partial charge in [-0.3, -0.25) is 0 Å². The van der Waals surface area contributed by atoms with E-state index in [1.165, 1.54) is 7.11 Å². The summed E-state index contributed by atoms with van der Waals surface area (Å²) in [7, 11) is 6.26. The Bertz CT molecular complexity index is 799. The fraction of sp³-hybridized carbons (Fsp3) is 0.316. The van der Waals surface area contributed by atoms with Gasteiger partial charge in [-0.1, -0.05) is 6.07 Å². The lowest BCUT2D eigenvalue weighted by Crippen LogP contribution is -2.03. The molecule has 25 heavy (non-hydrogen) atoms. The largest absolute Gasteiger partial charge is 0.497 e. The highest BCUT2D eigenvalue weighted by Crippen LogP contribution is 2.41. The minimum absolute atomic E-state index is 0.389. The van der Waals surface area contributed by atoms with Crippen LogP contribution in [0.5, 0.6) is 23.0 Å². The summed E-state index contributed by atoms with van der Waals surface area (Å²) in [5.74, 6) is 1.96. The van der Waals surface area contributed by atoms with Crippen LogP contribution in [0.1, 0.15) is 27.6 Å². The van der Waals surface area contributed by atoms with E-state index in [1.54, 1.807) is 27.4 Å². The zero-order valence-electron chi connectivity index (χ0n) is 14.6. The summed E-state index contributed by atoms with van der Waals surface area (Å²) in [6, 6.07) is 9.12. The first-order valence-corrected chi connectivity index (χ1v) is 7.79. The molecule has 132 valence electrons. The second kappa shape index (κ2) is 6.93. The van der Waals surface area contributed by atoms with Gasteiger partial charge in [0.2, 0.25) is 0 Å². The highest BCUT2D eigenvalue weighted by Gasteiger charge is 2.35. The van der Waals surface area contributed by atoms with Gasteiger partial charge in [-0.2, -0.15) is 0 Å². The van der Waals surface area contributed by atoms with E-state index in [4.69, 9.17) is 23.7 Å². The van der Waals surface area contributed by atoms with Crippen molar-refractivity contribution in [2.75, 3.05) is 28.4 Å². The second-order valence-corrected chi connectivity index (χ2v) is 5.58. The van der Waals surface area contributed by atoms with Gasteiger partial charge >= 0.3 is 5.97 Å². The molecule has 2 aromatic rings. The third-order valence-electron chi connectivity index (χ3n) is 4.23. The van der Waals surface area contributed by atoms with Crippen LogP contribution in [0.2, 0.25) is 0 Å². The molecule has 0 fully saturated rings. The van der Waals surface area contributed by atoms with E-state index in [1.807, 2.05) is 24.3 Å². The van der Waals surface area contributed by atoms with Crippen molar-refractivity contribution in [2.45, 2.75) is 12.5 Å². The minimum atomic E-state index is -0.412. The van der Waals surface area contributed by atoms with Crippen LogP contribution in [0, 0.1) is 0 Å². The molecule has 0 N–H and O–H groups in total. The number of hydrogen-bond donors (Lipinski definition) is 0. The summed E-state index contributed by atoms with van der Waals surface area (Å²) >= 11 is 0. The van der Waals surface area contributed by atoms with E-state index in [-0.39, 0.29) is 5.97 Å². The van der Waals surface area contributed by atoms with E-state index in [9.17, 15) is 4.79 Å². The van der Waals surface area contributed by atoms with Crippen molar-refractivity contribution in [3.63, 3.8) is 0 Å². The van der Waals surface area contributed by atoms with Gasteiger partial charge in [0, 0.05) is 18.1 Å². The van der Waals surface area contributed by atoms with E-state index in [0.717, 1.165) is 11.1 Å². The average Bonchev–Trinajstić information content (AvgIpc) is 2.96. The third-order valence-corrected chi connectivity index (χ3v) is 4.23. The zero-order chi connectivity index (χ0) is 18.0. The van der Waals surface area contributed by atoms with E-state index < -0.39 is 6.10 Å². The predicted molar refractivity (Wildman–Crippen MR) is 91.0 cm³/mol. The van der Waals surface area contributed by atoms with E-state index >= 15 is 0 Å². The first-order chi connectivity index (χ1) is 12.1. The van der Waals surface area contributed by atoms with Crippen LogP contribution in [0.25, 0.3) is 0 Å². The second-order valence-electron chi connectivity index (χ2n) is 5.58. The summed E-state index contributed by atoms with van der Waals surface area (Å²) < 4.78 is 26.8. The number of ether oxygens (including phenoxy) is 5. The highest BCUT2D eigenvalue weighted by molar-refractivity contribution is 5.97. The Morgan fingerprint density at radius 3 is 2.24 bits per heavy atom. The third kappa shape index (κ3) is 3.07. The number of hydrogen-bond acceptors (Lipinski definition) is 6. The molecular formula is C19H20O6. The molecule has 0 spiro atoms. The van der Waals surface area contributed by atoms with E-state index in [0.29, 0.717) is 35.0 Å². The molecule has 6 heteroatoms. The molecule has 0 aromatic heterocycles. The summed E-state index contributed by atoms with van der Waals surface area (Å²) in [5.41, 5.74) is 2.18. The van der Waals surface area contributed by atoms with Crippen LogP contribution in [0.3, 0.4) is 0 Å². The van der Waals surface area contributed by atoms with Gasteiger partial charge in [-0.25, -0.2) is 4.79 Å². The molecule has 0 unspecified atom stereocenters. The van der Waals surface area contributed by atoms with Crippen molar-refractivity contribution >= 4 is 5.97 Å². The quantitative estimate of drug-likeness (QED) is 0.750. The summed E-state index contributed by atoms with van der Waals surface area (Å²) in [6.45, 7) is 0. The molecule has 2 aromatic carbocycles. The van der Waals surface area contributed by atoms with Crippen molar-refractivity contribution in [3.05, 3.63) is 47.0 Å². The number of benzene rings is 2. The smallest absolute Gasteiger partial charge is 0.342 e. The Morgan fingerprint density at radius 2 is 1.60 bits per heavy atom. The Hall–Kier alpha value is -2.89. The van der Waals surface area contributed by atoms with Crippen LogP contribution < -0.4 is 18.9 Å². The highest BCUT2D eigenvalue weighted by atomic mass is 16.6. The number of cyclic esters (lactones) is 1. The average molecular weight is 344 g/mol. The summed E-state index contributed by atoms with van der Waals surface area (Å²) in [6.07, 6.45) is 0.0969. The lowest BCUT2D eigenvalue weighted by molar-refractivity contribution is 0.0385. The standard InChI is InChI=1S/C19H20O6/c1-21-12-9-13-15(25-19(20)18(13)17(10-12)24-4)7-11-5-6-14(22-2)16(8-11)23-3/h5-6,8-10,15H,7H2,1-4H3/t15-/m1/s1. The molecule has 0 aliphatic carbocycles. The Kier molecular flexibility index (Phi) is 4.70. The van der Waals surface area contributed by atoms with Crippen LogP contribution in [-0.4, -0.2) is 34.4 Å². The molecule has 1 aliphatic rings. The Labute approximate surface area is 146 Å². The molecule has 0 saturated carbocycles. The fourth-order valence-corrected chi connectivity index (χ4v) is 2.99. The maximum Gasteiger partial charge on any atom is 0.342 e. The lowest BCUT2D eigenvalue weighted by Gasteiger charge is -2.14. The van der Waals surface area contributed by atoms with Crippen molar-refractivity contribution in [3.8, 4) is 23.0 Å². The van der Waals surface area contributed by atoms with Crippen molar-refractivity contribution < 1.29 is 28.5 Å². The predicted octanol–water partition coefficient (Wildman–Crippen LogP) is 3.18. The minimum Gasteiger partial charge on any atom is -0.497 e. The van der Waals surface area contributed by atoms with Crippen molar-refractivity contribution in [1.82, 2.24) is 0 Å². The molecule has 0 saturated heterocycles. The van der Waals surface area contributed by atoms with Gasteiger partial charge in [0.05, 0.1) is 28.4 Å². The first-order valence-electron chi connectivity index (χ1n) is 7.79.